The first-order valence-electron chi connectivity index (χ1n) is 8.75. The first-order chi connectivity index (χ1) is 9.62. The van der Waals surface area contributed by atoms with Crippen LogP contribution in [0.15, 0.2) is 0 Å². The van der Waals surface area contributed by atoms with E-state index in [1.807, 2.05) is 0 Å². The normalized spacial score (nSPS) is 45.1. The van der Waals surface area contributed by atoms with Gasteiger partial charge in [0.2, 0.25) is 0 Å². The van der Waals surface area contributed by atoms with Gasteiger partial charge in [0, 0.05) is 0 Å². The number of hydrogen-bond donors (Lipinski definition) is 1. The second-order valence-electron chi connectivity index (χ2n) is 9.22. The zero-order valence-corrected chi connectivity index (χ0v) is 14.6. The minimum Gasteiger partial charge on any atom is -0.388 e. The fourth-order valence-electron chi connectivity index (χ4n) is 5.14. The third-order valence-corrected chi connectivity index (χ3v) is 6.35. The van der Waals surface area contributed by atoms with E-state index in [0.717, 1.165) is 38.5 Å². The SMILES string of the molecule is CC1CC(C)CC(O)(C2(C#N)CCC(C(C)(C)C)CC2)C1. The van der Waals surface area contributed by atoms with Crippen molar-refractivity contribution in [1.82, 2.24) is 0 Å². The maximum Gasteiger partial charge on any atom is 0.0860 e. The van der Waals surface area contributed by atoms with Gasteiger partial charge in [-0.05, 0) is 68.1 Å². The summed E-state index contributed by atoms with van der Waals surface area (Å²) in [5.74, 6) is 1.75. The molecule has 0 aromatic carbocycles. The van der Waals surface area contributed by atoms with Crippen LogP contribution in [0.3, 0.4) is 0 Å². The number of nitrogens with zero attached hydrogens (tertiary/aromatic N) is 1. The van der Waals surface area contributed by atoms with Crippen molar-refractivity contribution < 1.29 is 5.11 Å². The lowest BCUT2D eigenvalue weighted by molar-refractivity contribution is -0.127. The predicted molar refractivity (Wildman–Crippen MR) is 86.6 cm³/mol. The molecule has 2 rings (SSSR count). The lowest BCUT2D eigenvalue weighted by atomic mass is 9.54. The molecule has 2 atom stereocenters. The minimum atomic E-state index is -0.762. The molecule has 1 N–H and O–H groups in total. The van der Waals surface area contributed by atoms with Gasteiger partial charge in [-0.25, -0.2) is 0 Å². The first-order valence-corrected chi connectivity index (χ1v) is 8.75. The summed E-state index contributed by atoms with van der Waals surface area (Å²) >= 11 is 0. The molecule has 0 aromatic heterocycles. The highest BCUT2D eigenvalue weighted by atomic mass is 16.3. The summed E-state index contributed by atoms with van der Waals surface area (Å²) in [4.78, 5) is 0. The summed E-state index contributed by atoms with van der Waals surface area (Å²) in [6.45, 7) is 11.4. The summed E-state index contributed by atoms with van der Waals surface area (Å²) in [7, 11) is 0. The number of rotatable bonds is 1. The Morgan fingerprint density at radius 3 is 1.90 bits per heavy atom. The Kier molecular flexibility index (Phi) is 4.47. The average Bonchev–Trinajstić information content (AvgIpc) is 2.36. The van der Waals surface area contributed by atoms with E-state index in [9.17, 15) is 10.4 Å². The molecule has 2 unspecified atom stereocenters. The summed E-state index contributed by atoms with van der Waals surface area (Å²) in [5, 5.41) is 21.3. The third kappa shape index (κ3) is 3.14. The van der Waals surface area contributed by atoms with E-state index in [1.54, 1.807) is 0 Å². The molecule has 0 radical (unpaired) electrons. The standard InChI is InChI=1S/C19H33NO/c1-14-10-15(2)12-19(21,11-14)18(13-20)8-6-16(7-9-18)17(3,4)5/h14-16,21H,6-12H2,1-5H3. The van der Waals surface area contributed by atoms with Gasteiger partial charge in [-0.15, -0.1) is 0 Å². The molecule has 2 aliphatic rings. The summed E-state index contributed by atoms with van der Waals surface area (Å²) in [5.41, 5.74) is -0.948. The van der Waals surface area contributed by atoms with Crippen LogP contribution in [0.1, 0.15) is 79.6 Å². The maximum absolute atomic E-state index is 11.4. The lowest BCUT2D eigenvalue weighted by Crippen LogP contribution is -2.53. The van der Waals surface area contributed by atoms with Gasteiger partial charge < -0.3 is 5.11 Å². The van der Waals surface area contributed by atoms with Crippen molar-refractivity contribution in [3.63, 3.8) is 0 Å². The first kappa shape index (κ1) is 16.8. The van der Waals surface area contributed by atoms with Crippen LogP contribution < -0.4 is 0 Å². The smallest absolute Gasteiger partial charge is 0.0860 e. The Labute approximate surface area is 130 Å². The Morgan fingerprint density at radius 1 is 1.05 bits per heavy atom. The van der Waals surface area contributed by atoms with Gasteiger partial charge in [0.15, 0.2) is 0 Å². The largest absolute Gasteiger partial charge is 0.388 e. The molecule has 0 aromatic rings. The number of nitriles is 1. The molecular weight excluding hydrogens is 258 g/mol. The van der Waals surface area contributed by atoms with E-state index >= 15 is 0 Å². The van der Waals surface area contributed by atoms with Crippen LogP contribution in [0, 0.1) is 39.9 Å². The molecule has 120 valence electrons. The quantitative estimate of drug-likeness (QED) is 0.745. The van der Waals surface area contributed by atoms with E-state index in [4.69, 9.17) is 0 Å². The zero-order valence-electron chi connectivity index (χ0n) is 14.6. The molecular formula is C19H33NO. The second-order valence-corrected chi connectivity index (χ2v) is 9.22. The van der Waals surface area contributed by atoms with E-state index in [1.165, 1.54) is 6.42 Å². The van der Waals surface area contributed by atoms with Crippen LogP contribution in [0.5, 0.6) is 0 Å². The molecule has 0 heterocycles. The molecule has 0 amide bonds. The Morgan fingerprint density at radius 2 is 1.52 bits per heavy atom. The van der Waals surface area contributed by atoms with Crippen LogP contribution in [-0.2, 0) is 0 Å². The van der Waals surface area contributed by atoms with Crippen LogP contribution in [0.25, 0.3) is 0 Å². The molecule has 2 fully saturated rings. The average molecular weight is 291 g/mol. The second kappa shape index (κ2) is 5.58. The highest BCUT2D eigenvalue weighted by molar-refractivity contribution is 5.15. The molecule has 0 aliphatic heterocycles. The highest BCUT2D eigenvalue weighted by Gasteiger charge is 2.55. The Balaban J connectivity index is 2.18. The molecule has 0 bridgehead atoms. The monoisotopic (exact) mass is 291 g/mol. The van der Waals surface area contributed by atoms with Crippen molar-refractivity contribution in [2.24, 2.45) is 28.6 Å². The van der Waals surface area contributed by atoms with Gasteiger partial charge in [-0.1, -0.05) is 34.6 Å². The Bertz CT molecular complexity index is 396. The van der Waals surface area contributed by atoms with Crippen molar-refractivity contribution in [2.45, 2.75) is 85.2 Å². The number of aliphatic hydroxyl groups is 1. The molecule has 2 heteroatoms. The van der Waals surface area contributed by atoms with Gasteiger partial charge in [-0.2, -0.15) is 5.26 Å². The summed E-state index contributed by atoms with van der Waals surface area (Å²) < 4.78 is 0. The topological polar surface area (TPSA) is 44.0 Å². The van der Waals surface area contributed by atoms with Gasteiger partial charge in [0.25, 0.3) is 0 Å². The third-order valence-electron chi connectivity index (χ3n) is 6.35. The van der Waals surface area contributed by atoms with Crippen LogP contribution in [0.2, 0.25) is 0 Å². The minimum absolute atomic E-state index is 0.317. The molecule has 2 aliphatic carbocycles. The van der Waals surface area contributed by atoms with Crippen LogP contribution >= 0.6 is 0 Å². The van der Waals surface area contributed by atoms with Crippen molar-refractivity contribution in [3.05, 3.63) is 0 Å². The van der Waals surface area contributed by atoms with Crippen molar-refractivity contribution in [3.8, 4) is 6.07 Å². The van der Waals surface area contributed by atoms with Gasteiger partial charge in [0.1, 0.15) is 0 Å². The van der Waals surface area contributed by atoms with Crippen molar-refractivity contribution >= 4 is 0 Å². The van der Waals surface area contributed by atoms with Crippen LogP contribution in [0.4, 0.5) is 0 Å². The van der Waals surface area contributed by atoms with Gasteiger partial charge in [-0.3, -0.25) is 0 Å². The molecule has 21 heavy (non-hydrogen) atoms. The number of hydrogen-bond acceptors (Lipinski definition) is 2. The highest BCUT2D eigenvalue weighted by Crippen LogP contribution is 2.55. The Hall–Kier alpha value is -0.550. The molecule has 2 nitrogen and oxygen atoms in total. The van der Waals surface area contributed by atoms with Crippen molar-refractivity contribution in [2.75, 3.05) is 0 Å². The van der Waals surface area contributed by atoms with E-state index in [0.29, 0.717) is 23.2 Å². The fraction of sp³-hybridized carbons (Fsp3) is 0.947. The van der Waals surface area contributed by atoms with Crippen molar-refractivity contribution in [1.29, 1.82) is 5.26 Å². The van der Waals surface area contributed by atoms with Gasteiger partial charge in [0.05, 0.1) is 17.1 Å². The maximum atomic E-state index is 11.4. The zero-order chi connectivity index (χ0) is 15.9. The molecule has 0 spiro atoms. The van der Waals surface area contributed by atoms with Crippen LogP contribution in [-0.4, -0.2) is 10.7 Å². The predicted octanol–water partition coefficient (Wildman–Crippen LogP) is 4.92. The summed E-state index contributed by atoms with van der Waals surface area (Å²) in [6, 6.07) is 2.59. The molecule has 2 saturated carbocycles. The van der Waals surface area contributed by atoms with E-state index in [2.05, 4.69) is 40.7 Å². The lowest BCUT2D eigenvalue weighted by Gasteiger charge is -2.52. The molecule has 0 saturated heterocycles. The fourth-order valence-corrected chi connectivity index (χ4v) is 5.14. The van der Waals surface area contributed by atoms with E-state index in [-0.39, 0.29) is 0 Å². The van der Waals surface area contributed by atoms with E-state index < -0.39 is 11.0 Å². The summed E-state index contributed by atoms with van der Waals surface area (Å²) in [6.07, 6.45) is 6.73. The van der Waals surface area contributed by atoms with Gasteiger partial charge >= 0.3 is 0 Å².